The predicted octanol–water partition coefficient (Wildman–Crippen LogP) is 0.749. The minimum absolute atomic E-state index is 0.0113. The Kier molecular flexibility index (Phi) is 5.54. The monoisotopic (exact) mass is 262 g/mol. The number of aliphatic hydroxyl groups is 1. The molecule has 0 bridgehead atoms. The highest BCUT2D eigenvalue weighted by Crippen LogP contribution is 2.11. The second-order valence-electron chi connectivity index (χ2n) is 3.52. The van der Waals surface area contributed by atoms with Crippen molar-refractivity contribution in [3.8, 4) is 0 Å². The van der Waals surface area contributed by atoms with E-state index in [0.717, 1.165) is 0 Å². The molecule has 96 valence electrons. The Morgan fingerprint density at radius 3 is 2.59 bits per heavy atom. The van der Waals surface area contributed by atoms with Gasteiger partial charge in [-0.1, -0.05) is 18.2 Å². The molecule has 1 N–H and O–H groups in total. The molecular weight excluding hydrogens is 247 g/mol. The molecule has 1 aromatic rings. The lowest BCUT2D eigenvalue weighted by Crippen LogP contribution is -2.16. The molecule has 0 aliphatic carbocycles. The van der Waals surface area contributed by atoms with Crippen LogP contribution in [-0.2, 0) is 20.3 Å². The second-order valence-corrected chi connectivity index (χ2v) is 5.70. The van der Waals surface area contributed by atoms with E-state index in [-0.39, 0.29) is 36.9 Å². The van der Waals surface area contributed by atoms with Crippen LogP contribution in [-0.4, -0.2) is 39.1 Å². The van der Waals surface area contributed by atoms with Gasteiger partial charge in [0, 0.05) is 5.56 Å². The number of aliphatic hydroxyl groups excluding tert-OH is 1. The van der Waals surface area contributed by atoms with Crippen LogP contribution in [0.4, 0.5) is 4.39 Å². The van der Waals surface area contributed by atoms with Crippen LogP contribution in [0.5, 0.6) is 0 Å². The highest BCUT2D eigenvalue weighted by Gasteiger charge is 2.14. The highest BCUT2D eigenvalue weighted by molar-refractivity contribution is 7.90. The lowest BCUT2D eigenvalue weighted by molar-refractivity contribution is 0.103. The van der Waals surface area contributed by atoms with Gasteiger partial charge in [-0.05, 0) is 6.07 Å². The summed E-state index contributed by atoms with van der Waals surface area (Å²) in [4.78, 5) is 0. The maximum atomic E-state index is 13.2. The number of hydrogen-bond acceptors (Lipinski definition) is 4. The van der Waals surface area contributed by atoms with E-state index in [1.165, 1.54) is 18.2 Å². The third-order valence-corrected chi connectivity index (χ3v) is 3.65. The zero-order chi connectivity index (χ0) is 12.7. The van der Waals surface area contributed by atoms with Crippen molar-refractivity contribution in [2.45, 2.75) is 5.75 Å². The molecule has 0 amide bonds. The molecule has 0 heterocycles. The SMILES string of the molecule is O=S(=O)(CCOCCO)Cc1ccccc1F. The van der Waals surface area contributed by atoms with E-state index in [2.05, 4.69) is 0 Å². The van der Waals surface area contributed by atoms with E-state index >= 15 is 0 Å². The summed E-state index contributed by atoms with van der Waals surface area (Å²) in [6.45, 7) is -0.0279. The molecule has 17 heavy (non-hydrogen) atoms. The molecule has 0 aromatic heterocycles. The smallest absolute Gasteiger partial charge is 0.156 e. The number of ether oxygens (including phenoxy) is 1. The van der Waals surface area contributed by atoms with Crippen molar-refractivity contribution < 1.29 is 22.7 Å². The normalized spacial score (nSPS) is 11.6. The zero-order valence-corrected chi connectivity index (χ0v) is 10.1. The van der Waals surface area contributed by atoms with Crippen molar-refractivity contribution in [1.29, 1.82) is 0 Å². The summed E-state index contributed by atoms with van der Waals surface area (Å²) in [5, 5.41) is 8.44. The maximum Gasteiger partial charge on any atom is 0.156 e. The van der Waals surface area contributed by atoms with Crippen LogP contribution in [0.15, 0.2) is 24.3 Å². The quantitative estimate of drug-likeness (QED) is 0.736. The standard InChI is InChI=1S/C11H15FO4S/c12-11-4-2-1-3-10(11)9-17(14,15)8-7-16-6-5-13/h1-4,13H,5-9H2. The summed E-state index contributed by atoms with van der Waals surface area (Å²) >= 11 is 0. The van der Waals surface area contributed by atoms with Gasteiger partial charge >= 0.3 is 0 Å². The number of benzene rings is 1. The second kappa shape index (κ2) is 6.68. The fourth-order valence-corrected chi connectivity index (χ4v) is 2.50. The van der Waals surface area contributed by atoms with Crippen LogP contribution in [0.2, 0.25) is 0 Å². The van der Waals surface area contributed by atoms with Crippen LogP contribution in [0.1, 0.15) is 5.56 Å². The summed E-state index contributed by atoms with van der Waals surface area (Å²) in [5.41, 5.74) is 0.162. The average Bonchev–Trinajstić information content (AvgIpc) is 2.28. The van der Waals surface area contributed by atoms with Crippen LogP contribution < -0.4 is 0 Å². The molecule has 0 aliphatic heterocycles. The van der Waals surface area contributed by atoms with Gasteiger partial charge in [-0.2, -0.15) is 0 Å². The summed E-state index contributed by atoms with van der Waals surface area (Å²) in [6, 6.07) is 5.78. The Balaban J connectivity index is 2.52. The van der Waals surface area contributed by atoms with Crippen molar-refractivity contribution in [2.75, 3.05) is 25.6 Å². The van der Waals surface area contributed by atoms with Crippen LogP contribution in [0, 0.1) is 5.82 Å². The van der Waals surface area contributed by atoms with Gasteiger partial charge in [-0.15, -0.1) is 0 Å². The van der Waals surface area contributed by atoms with Crippen LogP contribution in [0.25, 0.3) is 0 Å². The molecule has 0 unspecified atom stereocenters. The molecule has 0 saturated heterocycles. The number of halogens is 1. The molecule has 6 heteroatoms. The van der Waals surface area contributed by atoms with Crippen molar-refractivity contribution >= 4 is 9.84 Å². The predicted molar refractivity (Wildman–Crippen MR) is 61.8 cm³/mol. The maximum absolute atomic E-state index is 13.2. The topological polar surface area (TPSA) is 63.6 Å². The summed E-state index contributed by atoms with van der Waals surface area (Å²) in [6.07, 6.45) is 0. The molecular formula is C11H15FO4S. The van der Waals surface area contributed by atoms with Crippen molar-refractivity contribution in [1.82, 2.24) is 0 Å². The highest BCUT2D eigenvalue weighted by atomic mass is 32.2. The van der Waals surface area contributed by atoms with Gasteiger partial charge in [0.2, 0.25) is 0 Å². The van der Waals surface area contributed by atoms with Crippen LogP contribution >= 0.6 is 0 Å². The first-order valence-electron chi connectivity index (χ1n) is 5.17. The van der Waals surface area contributed by atoms with Gasteiger partial charge in [0.1, 0.15) is 5.82 Å². The molecule has 0 saturated carbocycles. The fourth-order valence-electron chi connectivity index (χ4n) is 1.28. The summed E-state index contributed by atoms with van der Waals surface area (Å²) in [7, 11) is -3.38. The third-order valence-electron chi connectivity index (χ3n) is 2.11. The molecule has 0 aliphatic rings. The molecule has 4 nitrogen and oxygen atoms in total. The van der Waals surface area contributed by atoms with Crippen molar-refractivity contribution in [3.05, 3.63) is 35.6 Å². The minimum Gasteiger partial charge on any atom is -0.394 e. The molecule has 0 spiro atoms. The average molecular weight is 262 g/mol. The van der Waals surface area contributed by atoms with E-state index in [1.807, 2.05) is 0 Å². The molecule has 1 rings (SSSR count). The Hall–Kier alpha value is -0.980. The first kappa shape index (κ1) is 14.1. The number of hydrogen-bond donors (Lipinski definition) is 1. The molecule has 1 aromatic carbocycles. The fraction of sp³-hybridized carbons (Fsp3) is 0.455. The molecule has 0 radical (unpaired) electrons. The molecule has 0 atom stereocenters. The third kappa shape index (κ3) is 5.25. The molecule has 0 fully saturated rings. The summed E-state index contributed by atoms with van der Waals surface area (Å²) in [5.74, 6) is -1.03. The number of sulfone groups is 1. The Morgan fingerprint density at radius 2 is 1.94 bits per heavy atom. The van der Waals surface area contributed by atoms with Gasteiger partial charge in [-0.25, -0.2) is 12.8 Å². The minimum atomic E-state index is -3.38. The Bertz CT molecular complexity index is 445. The summed E-state index contributed by atoms with van der Waals surface area (Å²) < 4.78 is 41.3. The van der Waals surface area contributed by atoms with Gasteiger partial charge in [0.15, 0.2) is 9.84 Å². The van der Waals surface area contributed by atoms with Gasteiger partial charge in [-0.3, -0.25) is 0 Å². The Labute approximate surface area is 100.0 Å². The van der Waals surface area contributed by atoms with E-state index in [1.54, 1.807) is 6.07 Å². The van der Waals surface area contributed by atoms with Gasteiger partial charge < -0.3 is 9.84 Å². The van der Waals surface area contributed by atoms with E-state index in [9.17, 15) is 12.8 Å². The Morgan fingerprint density at radius 1 is 1.24 bits per heavy atom. The zero-order valence-electron chi connectivity index (χ0n) is 9.30. The first-order valence-corrected chi connectivity index (χ1v) is 7.00. The lowest BCUT2D eigenvalue weighted by Gasteiger charge is -2.05. The van der Waals surface area contributed by atoms with E-state index in [0.29, 0.717) is 0 Å². The van der Waals surface area contributed by atoms with Gasteiger partial charge in [0.05, 0.1) is 31.3 Å². The van der Waals surface area contributed by atoms with E-state index in [4.69, 9.17) is 9.84 Å². The number of rotatable bonds is 7. The van der Waals surface area contributed by atoms with Crippen molar-refractivity contribution in [3.63, 3.8) is 0 Å². The largest absolute Gasteiger partial charge is 0.394 e. The van der Waals surface area contributed by atoms with Crippen LogP contribution in [0.3, 0.4) is 0 Å². The first-order chi connectivity index (χ1) is 8.05. The van der Waals surface area contributed by atoms with Gasteiger partial charge in [0.25, 0.3) is 0 Å². The lowest BCUT2D eigenvalue weighted by atomic mass is 10.2. The van der Waals surface area contributed by atoms with Crippen molar-refractivity contribution in [2.24, 2.45) is 0 Å². The van der Waals surface area contributed by atoms with E-state index < -0.39 is 15.7 Å².